The summed E-state index contributed by atoms with van der Waals surface area (Å²) in [5.41, 5.74) is 3.25. The van der Waals surface area contributed by atoms with E-state index in [1.165, 1.54) is 12.1 Å². The molecule has 0 amide bonds. The Morgan fingerprint density at radius 2 is 1.76 bits per heavy atom. The van der Waals surface area contributed by atoms with Gasteiger partial charge in [0.05, 0.1) is 11.1 Å². The largest absolute Gasteiger partial charge is 0.416 e. The van der Waals surface area contributed by atoms with E-state index in [1.807, 2.05) is 29.8 Å². The fraction of sp³-hybridized carbons (Fsp3) is 0.125. The number of halogens is 3. The van der Waals surface area contributed by atoms with Crippen LogP contribution < -0.4 is 4.84 Å². The first-order valence-corrected chi connectivity index (χ1v) is 10.1. The summed E-state index contributed by atoms with van der Waals surface area (Å²) in [4.78, 5) is 19.3. The van der Waals surface area contributed by atoms with Gasteiger partial charge in [0.25, 0.3) is 0 Å². The van der Waals surface area contributed by atoms with Crippen LogP contribution in [-0.4, -0.2) is 25.7 Å². The van der Waals surface area contributed by atoms with Crippen LogP contribution in [-0.2, 0) is 12.7 Å². The van der Waals surface area contributed by atoms with Crippen molar-refractivity contribution in [1.82, 2.24) is 19.7 Å². The third-order valence-electron chi connectivity index (χ3n) is 5.44. The van der Waals surface area contributed by atoms with Crippen LogP contribution in [0.5, 0.6) is 0 Å². The number of hydrogen-bond donors (Lipinski definition) is 0. The second kappa shape index (κ2) is 7.77. The monoisotopic (exact) mass is 450 g/mol. The molecule has 0 bridgehead atoms. The van der Waals surface area contributed by atoms with Gasteiger partial charge in [-0.25, -0.2) is 4.79 Å². The molecular formula is C24H17F3N4O2. The molecule has 166 valence electrons. The second-order valence-corrected chi connectivity index (χ2v) is 7.70. The maximum absolute atomic E-state index is 12.8. The molecule has 5 aromatic rings. The van der Waals surface area contributed by atoms with Gasteiger partial charge in [-0.2, -0.15) is 13.2 Å². The Morgan fingerprint density at radius 1 is 1.00 bits per heavy atom. The molecule has 0 aliphatic rings. The Balaban J connectivity index is 1.44. The molecule has 0 aliphatic heterocycles. The van der Waals surface area contributed by atoms with Gasteiger partial charge in [0, 0.05) is 23.6 Å². The number of carbonyl (C=O) groups is 1. The number of hydrogen-bond acceptors (Lipinski definition) is 4. The van der Waals surface area contributed by atoms with Crippen LogP contribution in [0.15, 0.2) is 72.9 Å². The first kappa shape index (κ1) is 20.7. The third-order valence-corrected chi connectivity index (χ3v) is 5.44. The zero-order valence-corrected chi connectivity index (χ0v) is 17.4. The van der Waals surface area contributed by atoms with Gasteiger partial charge in [0.2, 0.25) is 0 Å². The van der Waals surface area contributed by atoms with Crippen LogP contribution in [0.25, 0.3) is 21.9 Å². The SMILES string of the molecule is Cc1cn(Cc2ccc(C(F)(F)F)cc2)c2cc(C(=O)On3nnc4ccccc43)ccc12. The number of para-hydroxylation sites is 1. The van der Waals surface area contributed by atoms with Crippen LogP contribution in [0.3, 0.4) is 0 Å². The highest BCUT2D eigenvalue weighted by atomic mass is 19.4. The zero-order valence-electron chi connectivity index (χ0n) is 17.4. The van der Waals surface area contributed by atoms with Crippen molar-refractivity contribution in [2.45, 2.75) is 19.6 Å². The summed E-state index contributed by atoms with van der Waals surface area (Å²) in [6, 6.07) is 17.3. The first-order chi connectivity index (χ1) is 15.8. The van der Waals surface area contributed by atoms with Gasteiger partial charge >= 0.3 is 12.1 Å². The van der Waals surface area contributed by atoms with Gasteiger partial charge in [-0.3, -0.25) is 0 Å². The normalized spacial score (nSPS) is 11.9. The van der Waals surface area contributed by atoms with E-state index >= 15 is 0 Å². The fourth-order valence-electron chi connectivity index (χ4n) is 3.78. The van der Waals surface area contributed by atoms with Crippen molar-refractivity contribution < 1.29 is 22.8 Å². The lowest BCUT2D eigenvalue weighted by Crippen LogP contribution is -2.21. The summed E-state index contributed by atoms with van der Waals surface area (Å²) in [7, 11) is 0. The standard InChI is InChI=1S/C24H17F3N4O2/c1-15-13-30(14-16-6-9-18(10-7-16)24(25,26)27)22-12-17(8-11-19(15)22)23(32)33-31-21-5-3-2-4-20(21)28-29-31/h2-13H,14H2,1H3. The van der Waals surface area contributed by atoms with Crippen molar-refractivity contribution in [3.8, 4) is 0 Å². The third kappa shape index (κ3) is 3.93. The predicted molar refractivity (Wildman–Crippen MR) is 116 cm³/mol. The fourth-order valence-corrected chi connectivity index (χ4v) is 3.78. The van der Waals surface area contributed by atoms with E-state index < -0.39 is 17.7 Å². The topological polar surface area (TPSA) is 61.9 Å². The van der Waals surface area contributed by atoms with Gasteiger partial charge in [-0.1, -0.05) is 35.2 Å². The number of nitrogens with zero attached hydrogens (tertiary/aromatic N) is 4. The summed E-state index contributed by atoms with van der Waals surface area (Å²) in [6.45, 7) is 2.29. The lowest BCUT2D eigenvalue weighted by Gasteiger charge is -2.10. The number of fused-ring (bicyclic) bond motifs is 2. The number of aromatic nitrogens is 4. The maximum Gasteiger partial charge on any atom is 0.416 e. The minimum absolute atomic E-state index is 0.314. The van der Waals surface area contributed by atoms with Crippen LogP contribution >= 0.6 is 0 Å². The Hall–Kier alpha value is -4.14. The quantitative estimate of drug-likeness (QED) is 0.361. The molecule has 9 heteroatoms. The molecule has 2 aromatic heterocycles. The summed E-state index contributed by atoms with van der Waals surface area (Å²) in [5.74, 6) is -0.604. The van der Waals surface area contributed by atoms with E-state index in [1.54, 1.807) is 30.3 Å². The molecule has 0 aliphatic carbocycles. The van der Waals surface area contributed by atoms with Crippen molar-refractivity contribution in [1.29, 1.82) is 0 Å². The number of alkyl halides is 3. The number of carbonyl (C=O) groups excluding carboxylic acids is 1. The van der Waals surface area contributed by atoms with Crippen LogP contribution in [0.4, 0.5) is 13.2 Å². The molecule has 2 heterocycles. The van der Waals surface area contributed by atoms with E-state index in [4.69, 9.17) is 4.84 Å². The Bertz CT molecular complexity index is 1480. The molecule has 0 atom stereocenters. The minimum atomic E-state index is -4.38. The molecule has 5 rings (SSSR count). The smallest absolute Gasteiger partial charge is 0.343 e. The van der Waals surface area contributed by atoms with E-state index in [-0.39, 0.29) is 0 Å². The van der Waals surface area contributed by atoms with Gasteiger partial charge in [-0.05, 0) is 59.7 Å². The lowest BCUT2D eigenvalue weighted by atomic mass is 10.1. The second-order valence-electron chi connectivity index (χ2n) is 7.70. The van der Waals surface area contributed by atoms with Gasteiger partial charge in [-0.15, -0.1) is 5.10 Å². The molecule has 0 spiro atoms. The average molecular weight is 450 g/mol. The van der Waals surface area contributed by atoms with E-state index in [0.717, 1.165) is 33.4 Å². The summed E-state index contributed by atoms with van der Waals surface area (Å²) in [5, 5.41) is 8.76. The van der Waals surface area contributed by atoms with Crippen LogP contribution in [0, 0.1) is 6.92 Å². The molecule has 33 heavy (non-hydrogen) atoms. The molecule has 0 unspecified atom stereocenters. The lowest BCUT2D eigenvalue weighted by molar-refractivity contribution is -0.137. The summed E-state index contributed by atoms with van der Waals surface area (Å²) < 4.78 is 40.4. The van der Waals surface area contributed by atoms with Gasteiger partial charge < -0.3 is 9.40 Å². The maximum atomic E-state index is 12.8. The van der Waals surface area contributed by atoms with Crippen molar-refractivity contribution in [2.75, 3.05) is 0 Å². The highest BCUT2D eigenvalue weighted by molar-refractivity contribution is 5.96. The van der Waals surface area contributed by atoms with Crippen molar-refractivity contribution in [3.05, 3.63) is 95.2 Å². The van der Waals surface area contributed by atoms with Crippen molar-refractivity contribution in [2.24, 2.45) is 0 Å². The molecule has 0 saturated heterocycles. The number of aryl methyl sites for hydroxylation is 1. The average Bonchev–Trinajstić information content (AvgIpc) is 3.34. The molecule has 6 nitrogen and oxygen atoms in total. The predicted octanol–water partition coefficient (Wildman–Crippen LogP) is 5.03. The van der Waals surface area contributed by atoms with Crippen LogP contribution in [0.2, 0.25) is 0 Å². The molecule has 0 saturated carbocycles. The highest BCUT2D eigenvalue weighted by Gasteiger charge is 2.29. The Kier molecular flexibility index (Phi) is 4.88. The molecule has 3 aromatic carbocycles. The van der Waals surface area contributed by atoms with E-state index in [2.05, 4.69) is 10.3 Å². The Morgan fingerprint density at radius 3 is 2.52 bits per heavy atom. The van der Waals surface area contributed by atoms with Gasteiger partial charge in [0.15, 0.2) is 0 Å². The molecule has 0 radical (unpaired) electrons. The van der Waals surface area contributed by atoms with E-state index in [9.17, 15) is 18.0 Å². The highest BCUT2D eigenvalue weighted by Crippen LogP contribution is 2.30. The zero-order chi connectivity index (χ0) is 23.2. The number of benzene rings is 3. The van der Waals surface area contributed by atoms with Crippen molar-refractivity contribution in [3.63, 3.8) is 0 Å². The minimum Gasteiger partial charge on any atom is -0.343 e. The van der Waals surface area contributed by atoms with Crippen LogP contribution in [0.1, 0.15) is 27.0 Å². The molecule has 0 N–H and O–H groups in total. The summed E-state index contributed by atoms with van der Waals surface area (Å²) in [6.07, 6.45) is -2.47. The molecule has 0 fully saturated rings. The Labute approximate surface area is 185 Å². The van der Waals surface area contributed by atoms with E-state index in [0.29, 0.717) is 28.7 Å². The van der Waals surface area contributed by atoms with Gasteiger partial charge in [0.1, 0.15) is 11.0 Å². The number of rotatable bonds is 4. The summed E-state index contributed by atoms with van der Waals surface area (Å²) >= 11 is 0. The molecular weight excluding hydrogens is 433 g/mol. The first-order valence-electron chi connectivity index (χ1n) is 10.1. The van der Waals surface area contributed by atoms with Crippen molar-refractivity contribution >= 4 is 27.9 Å².